The van der Waals surface area contributed by atoms with Crippen molar-refractivity contribution in [3.63, 3.8) is 0 Å². The zero-order chi connectivity index (χ0) is 7.40. The molecule has 1 aliphatic rings. The fraction of sp³-hybridized carbons (Fsp3) is 1.00. The van der Waals surface area contributed by atoms with Gasteiger partial charge >= 0.3 is 0 Å². The number of hydrogen-bond donors (Lipinski definition) is 2. The van der Waals surface area contributed by atoms with Crippen molar-refractivity contribution in [2.75, 3.05) is 5.75 Å². The van der Waals surface area contributed by atoms with Crippen LogP contribution < -0.4 is 10.9 Å². The van der Waals surface area contributed by atoms with Gasteiger partial charge in [0.2, 0.25) is 0 Å². The Morgan fingerprint density at radius 1 is 1.40 bits per heavy atom. The second kappa shape index (κ2) is 4.21. The van der Waals surface area contributed by atoms with Gasteiger partial charge in [-0.1, -0.05) is 11.9 Å². The average Bonchev–Trinajstić information content (AvgIpc) is 2.31. The molecule has 1 fully saturated rings. The lowest BCUT2D eigenvalue weighted by molar-refractivity contribution is 0.524. The van der Waals surface area contributed by atoms with E-state index in [1.807, 2.05) is 0 Å². The molecular formula is C7H16N2S. The summed E-state index contributed by atoms with van der Waals surface area (Å²) < 4.78 is 0. The predicted octanol–water partition coefficient (Wildman–Crippen LogP) is 1.11. The maximum absolute atomic E-state index is 5.76. The zero-order valence-corrected chi connectivity index (χ0v) is 7.07. The van der Waals surface area contributed by atoms with Crippen molar-refractivity contribution in [1.29, 1.82) is 0 Å². The predicted molar refractivity (Wildman–Crippen MR) is 46.6 cm³/mol. The van der Waals surface area contributed by atoms with Crippen LogP contribution in [0.4, 0.5) is 0 Å². The Balaban J connectivity index is 2.06. The minimum atomic E-state index is 0.479. The van der Waals surface area contributed by atoms with Crippen LogP contribution >= 0.6 is 11.9 Å². The van der Waals surface area contributed by atoms with Crippen LogP contribution in [0.15, 0.2) is 0 Å². The van der Waals surface area contributed by atoms with E-state index in [-0.39, 0.29) is 0 Å². The quantitative estimate of drug-likeness (QED) is 0.608. The van der Waals surface area contributed by atoms with Crippen LogP contribution in [0.25, 0.3) is 0 Å². The lowest BCUT2D eigenvalue weighted by atomic mass is 10.1. The van der Waals surface area contributed by atoms with E-state index in [0.29, 0.717) is 6.04 Å². The van der Waals surface area contributed by atoms with E-state index in [9.17, 15) is 0 Å². The Kier molecular flexibility index (Phi) is 3.52. The summed E-state index contributed by atoms with van der Waals surface area (Å²) in [6.07, 6.45) is 5.02. The summed E-state index contributed by atoms with van der Waals surface area (Å²) in [6.45, 7) is 0. The van der Waals surface area contributed by atoms with Gasteiger partial charge in [-0.2, -0.15) is 0 Å². The lowest BCUT2D eigenvalue weighted by Crippen LogP contribution is -2.14. The molecule has 3 heteroatoms. The van der Waals surface area contributed by atoms with Crippen molar-refractivity contribution in [2.45, 2.75) is 31.7 Å². The molecule has 1 aliphatic carbocycles. The summed E-state index contributed by atoms with van der Waals surface area (Å²) in [5, 5.41) is 5.33. The molecule has 0 spiro atoms. The molecule has 2 unspecified atom stereocenters. The van der Waals surface area contributed by atoms with E-state index < -0.39 is 0 Å². The van der Waals surface area contributed by atoms with Crippen LogP contribution in [0.5, 0.6) is 0 Å². The maximum atomic E-state index is 5.76. The van der Waals surface area contributed by atoms with Gasteiger partial charge < -0.3 is 5.73 Å². The second-order valence-corrected chi connectivity index (χ2v) is 3.84. The van der Waals surface area contributed by atoms with Crippen molar-refractivity contribution in [1.82, 2.24) is 0 Å². The van der Waals surface area contributed by atoms with Crippen molar-refractivity contribution in [3.8, 4) is 0 Å². The third-order valence-electron chi connectivity index (χ3n) is 2.23. The molecule has 2 nitrogen and oxygen atoms in total. The second-order valence-electron chi connectivity index (χ2n) is 3.10. The van der Waals surface area contributed by atoms with Crippen molar-refractivity contribution >= 4 is 11.9 Å². The van der Waals surface area contributed by atoms with E-state index in [1.165, 1.54) is 37.6 Å². The first-order valence-corrected chi connectivity index (χ1v) is 4.95. The Labute approximate surface area is 66.9 Å². The van der Waals surface area contributed by atoms with Gasteiger partial charge in [0.1, 0.15) is 0 Å². The first kappa shape index (κ1) is 8.37. The Hall–Kier alpha value is 0.270. The van der Waals surface area contributed by atoms with Crippen LogP contribution in [0, 0.1) is 5.92 Å². The van der Waals surface area contributed by atoms with Gasteiger partial charge in [-0.3, -0.25) is 5.14 Å². The fourth-order valence-corrected chi connectivity index (χ4v) is 2.08. The van der Waals surface area contributed by atoms with Crippen LogP contribution in [0.1, 0.15) is 25.7 Å². The molecule has 1 saturated carbocycles. The van der Waals surface area contributed by atoms with Crippen LogP contribution in [0.3, 0.4) is 0 Å². The molecule has 0 aromatic carbocycles. The molecule has 0 amide bonds. The smallest absolute Gasteiger partial charge is 0.00790 e. The summed E-state index contributed by atoms with van der Waals surface area (Å²) in [6, 6.07) is 0.479. The molecule has 0 aliphatic heterocycles. The topological polar surface area (TPSA) is 52.0 Å². The summed E-state index contributed by atoms with van der Waals surface area (Å²) in [7, 11) is 0. The molecule has 0 aromatic rings. The zero-order valence-electron chi connectivity index (χ0n) is 6.25. The standard InChI is InChI=1S/C7H16N2S/c8-7-2-1-6(5-7)3-4-10-9/h6-7H,1-5,8-9H2. The van der Waals surface area contributed by atoms with Crippen molar-refractivity contribution in [3.05, 3.63) is 0 Å². The fourth-order valence-electron chi connectivity index (χ4n) is 1.61. The molecule has 0 aromatic heterocycles. The first-order chi connectivity index (χ1) is 4.83. The third kappa shape index (κ3) is 2.48. The molecule has 1 rings (SSSR count). The van der Waals surface area contributed by atoms with Crippen LogP contribution in [-0.2, 0) is 0 Å². The lowest BCUT2D eigenvalue weighted by Gasteiger charge is -2.06. The maximum Gasteiger partial charge on any atom is 0.00790 e. The minimum absolute atomic E-state index is 0.479. The normalized spacial score (nSPS) is 33.0. The molecule has 0 radical (unpaired) electrons. The Bertz CT molecular complexity index is 97.6. The minimum Gasteiger partial charge on any atom is -0.328 e. The van der Waals surface area contributed by atoms with E-state index in [0.717, 1.165) is 11.7 Å². The van der Waals surface area contributed by atoms with E-state index in [2.05, 4.69) is 0 Å². The van der Waals surface area contributed by atoms with Gasteiger partial charge in [0.25, 0.3) is 0 Å². The van der Waals surface area contributed by atoms with Gasteiger partial charge in [-0.15, -0.1) is 0 Å². The van der Waals surface area contributed by atoms with Gasteiger partial charge in [0.05, 0.1) is 0 Å². The summed E-state index contributed by atoms with van der Waals surface area (Å²) in [5.74, 6) is 1.96. The molecule has 60 valence electrons. The molecular weight excluding hydrogens is 144 g/mol. The SMILES string of the molecule is NSCCC1CCC(N)C1. The van der Waals surface area contributed by atoms with Crippen LogP contribution in [0.2, 0.25) is 0 Å². The highest BCUT2D eigenvalue weighted by Crippen LogP contribution is 2.27. The summed E-state index contributed by atoms with van der Waals surface area (Å²) in [5.41, 5.74) is 5.76. The van der Waals surface area contributed by atoms with Crippen molar-refractivity contribution < 1.29 is 0 Å². The monoisotopic (exact) mass is 160 g/mol. The number of rotatable bonds is 3. The highest BCUT2D eigenvalue weighted by molar-refractivity contribution is 7.97. The molecule has 0 bridgehead atoms. The Morgan fingerprint density at radius 2 is 2.20 bits per heavy atom. The molecule has 4 N–H and O–H groups in total. The Morgan fingerprint density at radius 3 is 2.70 bits per heavy atom. The van der Waals surface area contributed by atoms with Crippen molar-refractivity contribution in [2.24, 2.45) is 16.8 Å². The first-order valence-electron chi connectivity index (χ1n) is 3.90. The number of hydrogen-bond acceptors (Lipinski definition) is 3. The van der Waals surface area contributed by atoms with Gasteiger partial charge in [0, 0.05) is 11.8 Å². The molecule has 10 heavy (non-hydrogen) atoms. The van der Waals surface area contributed by atoms with Crippen LogP contribution in [-0.4, -0.2) is 11.8 Å². The number of nitrogens with two attached hydrogens (primary N) is 2. The van der Waals surface area contributed by atoms with E-state index >= 15 is 0 Å². The van der Waals surface area contributed by atoms with Gasteiger partial charge in [-0.05, 0) is 31.6 Å². The average molecular weight is 160 g/mol. The molecule has 2 atom stereocenters. The molecule has 0 heterocycles. The van der Waals surface area contributed by atoms with Gasteiger partial charge in [-0.25, -0.2) is 0 Å². The summed E-state index contributed by atoms with van der Waals surface area (Å²) in [4.78, 5) is 0. The van der Waals surface area contributed by atoms with E-state index in [1.54, 1.807) is 0 Å². The molecule has 0 saturated heterocycles. The van der Waals surface area contributed by atoms with Gasteiger partial charge in [0.15, 0.2) is 0 Å². The largest absolute Gasteiger partial charge is 0.328 e. The third-order valence-corrected chi connectivity index (χ3v) is 2.70. The highest BCUT2D eigenvalue weighted by atomic mass is 32.2. The summed E-state index contributed by atoms with van der Waals surface area (Å²) >= 11 is 1.45. The highest BCUT2D eigenvalue weighted by Gasteiger charge is 2.20. The van der Waals surface area contributed by atoms with E-state index in [4.69, 9.17) is 10.9 Å².